The third-order valence-electron chi connectivity index (χ3n) is 2.35. The Labute approximate surface area is 280 Å². The van der Waals surface area contributed by atoms with Crippen molar-refractivity contribution in [2.45, 2.75) is 184 Å². The standard InChI is InChI=1S/7C5H9N.Cr/c7*1-5(2,3)6-4;/h7*1-3H3;/q;;;;;;;+2. The summed E-state index contributed by atoms with van der Waals surface area (Å²) in [4.78, 5) is 22.9. The minimum absolute atomic E-state index is 0. The number of hydrogen-bond donors (Lipinski definition) is 0. The summed E-state index contributed by atoms with van der Waals surface area (Å²) in [5.74, 6) is 0. The molecule has 0 aliphatic heterocycles. The van der Waals surface area contributed by atoms with Crippen molar-refractivity contribution in [2.75, 3.05) is 0 Å². The zero-order chi connectivity index (χ0) is 36.4. The Hall–Kier alpha value is -3.04. The molecule has 0 N–H and O–H groups in total. The van der Waals surface area contributed by atoms with E-state index < -0.39 is 0 Å². The molecule has 0 amide bonds. The molecular formula is C35H63CrN7+2. The summed E-state index contributed by atoms with van der Waals surface area (Å²) in [6, 6.07) is 0. The fourth-order valence-corrected chi connectivity index (χ4v) is 0. The van der Waals surface area contributed by atoms with Crippen LogP contribution in [-0.4, -0.2) is 38.8 Å². The summed E-state index contributed by atoms with van der Waals surface area (Å²) in [5, 5.41) is 0. The van der Waals surface area contributed by atoms with Crippen molar-refractivity contribution in [1.82, 2.24) is 0 Å². The number of nitrogens with zero attached hydrogens (tertiary/aromatic N) is 7. The van der Waals surface area contributed by atoms with Gasteiger partial charge >= 0.3 is 17.4 Å². The van der Waals surface area contributed by atoms with Gasteiger partial charge in [0.15, 0.2) is 0 Å². The molecule has 0 radical (unpaired) electrons. The molecular weight excluding hydrogens is 570 g/mol. The van der Waals surface area contributed by atoms with Crippen LogP contribution in [0.3, 0.4) is 0 Å². The van der Waals surface area contributed by atoms with Crippen LogP contribution in [0.5, 0.6) is 0 Å². The van der Waals surface area contributed by atoms with Crippen LogP contribution < -0.4 is 0 Å². The normalized spacial score (nSPS) is 10.1. The average molecular weight is 634 g/mol. The summed E-state index contributed by atoms with van der Waals surface area (Å²) in [6.07, 6.45) is 0. The topological polar surface area (TPSA) is 30.5 Å². The van der Waals surface area contributed by atoms with Gasteiger partial charge < -0.3 is 33.9 Å². The molecule has 0 rings (SSSR count). The molecule has 0 saturated carbocycles. The zero-order valence-electron chi connectivity index (χ0n) is 31.5. The van der Waals surface area contributed by atoms with Crippen molar-refractivity contribution in [1.29, 1.82) is 0 Å². The van der Waals surface area contributed by atoms with Crippen molar-refractivity contribution in [3.05, 3.63) is 79.9 Å². The van der Waals surface area contributed by atoms with Gasteiger partial charge in [-0.2, -0.15) is 0 Å². The quantitative estimate of drug-likeness (QED) is 0.238. The second kappa shape index (κ2) is 26.6. The van der Waals surface area contributed by atoms with Crippen LogP contribution in [0.15, 0.2) is 0 Å². The third-order valence-corrected chi connectivity index (χ3v) is 2.35. The molecule has 0 spiro atoms. The molecule has 0 saturated heterocycles. The molecule has 0 bridgehead atoms. The first-order chi connectivity index (χ1) is 17.9. The van der Waals surface area contributed by atoms with Gasteiger partial charge in [0.05, 0.1) is 0 Å². The Morgan fingerprint density at radius 3 is 0.233 bits per heavy atom. The molecule has 7 nitrogen and oxygen atoms in total. The molecule has 0 fully saturated rings. The largest absolute Gasteiger partial charge is 2.00 e. The van der Waals surface area contributed by atoms with E-state index in [2.05, 4.69) is 33.9 Å². The second-order valence-electron chi connectivity index (χ2n) is 16.0. The minimum atomic E-state index is -0.167. The van der Waals surface area contributed by atoms with Gasteiger partial charge in [0.2, 0.25) is 38.8 Å². The molecule has 43 heavy (non-hydrogen) atoms. The van der Waals surface area contributed by atoms with E-state index in [0.29, 0.717) is 0 Å². The van der Waals surface area contributed by atoms with E-state index in [-0.39, 0.29) is 56.1 Å². The Kier molecular flexibility index (Phi) is 36.7. The molecule has 0 atom stereocenters. The van der Waals surface area contributed by atoms with Crippen LogP contribution in [0.2, 0.25) is 0 Å². The van der Waals surface area contributed by atoms with E-state index in [4.69, 9.17) is 46.0 Å². The van der Waals surface area contributed by atoms with E-state index in [9.17, 15) is 0 Å². The molecule has 0 aromatic rings. The van der Waals surface area contributed by atoms with E-state index >= 15 is 0 Å². The molecule has 0 heterocycles. The Bertz CT molecular complexity index is 739. The van der Waals surface area contributed by atoms with Gasteiger partial charge in [-0.15, -0.1) is 0 Å². The second-order valence-corrected chi connectivity index (χ2v) is 16.0. The maximum absolute atomic E-state index is 6.48. The van der Waals surface area contributed by atoms with E-state index in [0.717, 1.165) is 0 Å². The van der Waals surface area contributed by atoms with Crippen molar-refractivity contribution in [3.63, 3.8) is 0 Å². The third kappa shape index (κ3) is 165. The summed E-state index contributed by atoms with van der Waals surface area (Å²) in [5.41, 5.74) is -1.17. The van der Waals surface area contributed by atoms with E-state index in [1.165, 1.54) is 0 Å². The van der Waals surface area contributed by atoms with Gasteiger partial charge in [-0.25, -0.2) is 46.0 Å². The van der Waals surface area contributed by atoms with Gasteiger partial charge in [-0.3, -0.25) is 0 Å². The van der Waals surface area contributed by atoms with Crippen LogP contribution in [0.25, 0.3) is 33.9 Å². The van der Waals surface area contributed by atoms with E-state index in [1.807, 2.05) is 145 Å². The summed E-state index contributed by atoms with van der Waals surface area (Å²) >= 11 is 0. The Morgan fingerprint density at radius 1 is 0.209 bits per heavy atom. The minimum Gasteiger partial charge on any atom is -0.311 e. The summed E-state index contributed by atoms with van der Waals surface area (Å²) in [7, 11) is 0. The average Bonchev–Trinajstić information content (AvgIpc) is 2.78. The molecule has 0 aliphatic carbocycles. The number of hydrogen-bond acceptors (Lipinski definition) is 0. The first-order valence-electron chi connectivity index (χ1n) is 13.6. The monoisotopic (exact) mass is 633 g/mol. The maximum atomic E-state index is 6.48. The van der Waals surface area contributed by atoms with Crippen molar-refractivity contribution in [3.8, 4) is 0 Å². The van der Waals surface area contributed by atoms with Gasteiger partial charge in [0.1, 0.15) is 0 Å². The Morgan fingerprint density at radius 2 is 0.233 bits per heavy atom. The van der Waals surface area contributed by atoms with Crippen molar-refractivity contribution < 1.29 is 17.4 Å². The molecule has 0 aromatic carbocycles. The van der Waals surface area contributed by atoms with Gasteiger partial charge in [0, 0.05) is 145 Å². The fourth-order valence-electron chi connectivity index (χ4n) is 0. The van der Waals surface area contributed by atoms with Crippen LogP contribution in [-0.2, 0) is 17.4 Å². The van der Waals surface area contributed by atoms with Gasteiger partial charge in [0.25, 0.3) is 0 Å². The van der Waals surface area contributed by atoms with E-state index in [1.54, 1.807) is 0 Å². The van der Waals surface area contributed by atoms with Crippen LogP contribution in [0.1, 0.15) is 145 Å². The van der Waals surface area contributed by atoms with Gasteiger partial charge in [-0.05, 0) is 0 Å². The SMILES string of the molecule is [C-]#[N+]C(C)(C)C.[C-]#[N+]C(C)(C)C.[C-]#[N+]C(C)(C)C.[C-]#[N+]C(C)(C)C.[C-]#[N+]C(C)(C)C.[C-]#[N+]C(C)(C)C.[C-]#[N+]C(C)(C)C.[Cr+2]. The zero-order valence-corrected chi connectivity index (χ0v) is 32.8. The van der Waals surface area contributed by atoms with Gasteiger partial charge in [-0.1, -0.05) is 0 Å². The van der Waals surface area contributed by atoms with Crippen molar-refractivity contribution >= 4 is 0 Å². The molecule has 242 valence electrons. The molecule has 8 heteroatoms. The Balaban J connectivity index is -0.0000000552. The van der Waals surface area contributed by atoms with Crippen molar-refractivity contribution in [2.24, 2.45) is 0 Å². The maximum Gasteiger partial charge on any atom is 2.00 e. The fraction of sp³-hybridized carbons (Fsp3) is 0.800. The number of rotatable bonds is 0. The summed E-state index contributed by atoms with van der Waals surface area (Å²) in [6.45, 7) is 85.0. The van der Waals surface area contributed by atoms with Crippen LogP contribution in [0.4, 0.5) is 0 Å². The van der Waals surface area contributed by atoms with Crippen LogP contribution in [0, 0.1) is 46.0 Å². The predicted octanol–water partition coefficient (Wildman–Crippen LogP) is 11.9. The first kappa shape index (κ1) is 59.4. The van der Waals surface area contributed by atoms with Crippen LogP contribution >= 0.6 is 0 Å². The predicted molar refractivity (Wildman–Crippen MR) is 184 cm³/mol. The first-order valence-corrected chi connectivity index (χ1v) is 13.6. The molecule has 0 aliphatic rings. The molecule has 0 aromatic heterocycles. The smallest absolute Gasteiger partial charge is 0.311 e. The summed E-state index contributed by atoms with van der Waals surface area (Å²) < 4.78 is 0. The molecule has 0 unspecified atom stereocenters.